The van der Waals surface area contributed by atoms with Gasteiger partial charge < -0.3 is 11.1 Å². The highest BCUT2D eigenvalue weighted by atomic mass is 16.2. The van der Waals surface area contributed by atoms with Crippen LogP contribution in [0.1, 0.15) is 20.3 Å². The molecule has 3 N–H and O–H groups in total. The van der Waals surface area contributed by atoms with Gasteiger partial charge in [-0.25, -0.2) is 0 Å². The highest BCUT2D eigenvalue weighted by molar-refractivity contribution is 5.79. The Morgan fingerprint density at radius 3 is 2.60 bits per heavy atom. The molecule has 1 saturated heterocycles. The van der Waals surface area contributed by atoms with E-state index in [-0.39, 0.29) is 17.4 Å². The average molecular weight is 142 g/mol. The van der Waals surface area contributed by atoms with E-state index in [2.05, 4.69) is 19.2 Å². The molecular weight excluding hydrogens is 128 g/mol. The summed E-state index contributed by atoms with van der Waals surface area (Å²) in [5.74, 6) is 0.125. The fourth-order valence-corrected chi connectivity index (χ4v) is 1.36. The summed E-state index contributed by atoms with van der Waals surface area (Å²) in [5.41, 5.74) is 5.50. The van der Waals surface area contributed by atoms with Crippen molar-refractivity contribution in [3.8, 4) is 0 Å². The minimum Gasteiger partial charge on any atom is -0.352 e. The maximum absolute atomic E-state index is 10.9. The first kappa shape index (κ1) is 7.54. The zero-order chi connectivity index (χ0) is 7.78. The Balaban J connectivity index is 2.67. The Morgan fingerprint density at radius 2 is 2.40 bits per heavy atom. The molecule has 0 aromatic rings. The smallest absolute Gasteiger partial charge is 0.220 e. The fourth-order valence-electron chi connectivity index (χ4n) is 1.36. The van der Waals surface area contributed by atoms with E-state index >= 15 is 0 Å². The van der Waals surface area contributed by atoms with Crippen molar-refractivity contribution in [2.75, 3.05) is 6.54 Å². The highest BCUT2D eigenvalue weighted by Gasteiger charge is 2.37. The van der Waals surface area contributed by atoms with Gasteiger partial charge in [0.1, 0.15) is 0 Å². The van der Waals surface area contributed by atoms with Gasteiger partial charge in [-0.15, -0.1) is 0 Å². The van der Waals surface area contributed by atoms with Crippen molar-refractivity contribution >= 4 is 5.91 Å². The Labute approximate surface area is 61.0 Å². The van der Waals surface area contributed by atoms with Gasteiger partial charge in [0.25, 0.3) is 0 Å². The lowest BCUT2D eigenvalue weighted by molar-refractivity contribution is -0.119. The molecule has 1 fully saturated rings. The molecule has 3 heteroatoms. The van der Waals surface area contributed by atoms with Crippen LogP contribution in [0, 0.1) is 5.41 Å². The van der Waals surface area contributed by atoms with E-state index in [1.54, 1.807) is 0 Å². The van der Waals surface area contributed by atoms with Gasteiger partial charge in [-0.3, -0.25) is 4.79 Å². The molecule has 1 atom stereocenters. The first-order valence-corrected chi connectivity index (χ1v) is 3.56. The summed E-state index contributed by atoms with van der Waals surface area (Å²) in [6.45, 7) is 4.66. The van der Waals surface area contributed by atoms with E-state index in [0.29, 0.717) is 13.0 Å². The van der Waals surface area contributed by atoms with Gasteiger partial charge in [0.15, 0.2) is 0 Å². The number of carbonyl (C=O) groups is 1. The maximum Gasteiger partial charge on any atom is 0.220 e. The summed E-state index contributed by atoms with van der Waals surface area (Å²) >= 11 is 0. The van der Waals surface area contributed by atoms with Crippen LogP contribution in [0.3, 0.4) is 0 Å². The van der Waals surface area contributed by atoms with Gasteiger partial charge in [-0.05, 0) is 5.41 Å². The first-order valence-electron chi connectivity index (χ1n) is 3.56. The Bertz CT molecular complexity index is 154. The van der Waals surface area contributed by atoms with Crippen LogP contribution < -0.4 is 11.1 Å². The predicted octanol–water partition coefficient (Wildman–Crippen LogP) is -0.140. The number of nitrogens with one attached hydrogen (secondary N) is 1. The number of hydrogen-bond donors (Lipinski definition) is 2. The Morgan fingerprint density at radius 1 is 1.80 bits per heavy atom. The quantitative estimate of drug-likeness (QED) is 0.535. The van der Waals surface area contributed by atoms with Crippen molar-refractivity contribution in [1.82, 2.24) is 5.32 Å². The lowest BCUT2D eigenvalue weighted by Crippen LogP contribution is -2.39. The van der Waals surface area contributed by atoms with E-state index in [9.17, 15) is 4.79 Å². The molecule has 0 aromatic heterocycles. The zero-order valence-electron chi connectivity index (χ0n) is 6.48. The highest BCUT2D eigenvalue weighted by Crippen LogP contribution is 2.29. The second-order valence-electron chi connectivity index (χ2n) is 3.52. The fraction of sp³-hybridized carbons (Fsp3) is 0.857. The standard InChI is InChI=1S/C7H14N2O/c1-7(2)3-6(10)9-5(7)4-8/h5H,3-4,8H2,1-2H3,(H,9,10). The summed E-state index contributed by atoms with van der Waals surface area (Å²) in [6, 6.07) is 0.167. The van der Waals surface area contributed by atoms with Crippen molar-refractivity contribution in [1.29, 1.82) is 0 Å². The maximum atomic E-state index is 10.9. The molecule has 0 aromatic carbocycles. The van der Waals surface area contributed by atoms with Gasteiger partial charge >= 0.3 is 0 Å². The summed E-state index contributed by atoms with van der Waals surface area (Å²) < 4.78 is 0. The molecule has 1 aliphatic heterocycles. The number of amides is 1. The van der Waals surface area contributed by atoms with Crippen LogP contribution in [-0.2, 0) is 4.79 Å². The molecule has 0 spiro atoms. The Hall–Kier alpha value is -0.570. The number of hydrogen-bond acceptors (Lipinski definition) is 2. The summed E-state index contributed by atoms with van der Waals surface area (Å²) in [7, 11) is 0. The third kappa shape index (κ3) is 1.14. The molecule has 0 aliphatic carbocycles. The summed E-state index contributed by atoms with van der Waals surface area (Å²) in [6.07, 6.45) is 0.606. The molecule has 1 aliphatic rings. The van der Waals surface area contributed by atoms with Gasteiger partial charge in [0.05, 0.1) is 0 Å². The lowest BCUT2D eigenvalue weighted by atomic mass is 9.85. The van der Waals surface area contributed by atoms with Gasteiger partial charge in [-0.1, -0.05) is 13.8 Å². The molecule has 1 heterocycles. The topological polar surface area (TPSA) is 55.1 Å². The van der Waals surface area contributed by atoms with E-state index in [0.717, 1.165) is 0 Å². The first-order chi connectivity index (χ1) is 4.56. The second kappa shape index (κ2) is 2.23. The normalized spacial score (nSPS) is 30.3. The van der Waals surface area contributed by atoms with E-state index in [1.807, 2.05) is 0 Å². The minimum absolute atomic E-state index is 0.0475. The van der Waals surface area contributed by atoms with Crippen molar-refractivity contribution in [2.24, 2.45) is 11.1 Å². The van der Waals surface area contributed by atoms with Crippen LogP contribution in [0.15, 0.2) is 0 Å². The van der Waals surface area contributed by atoms with Crippen molar-refractivity contribution in [3.05, 3.63) is 0 Å². The molecule has 1 amide bonds. The summed E-state index contributed by atoms with van der Waals surface area (Å²) in [5, 5.41) is 2.83. The largest absolute Gasteiger partial charge is 0.352 e. The van der Waals surface area contributed by atoms with Gasteiger partial charge in [0, 0.05) is 19.0 Å². The molecule has 1 rings (SSSR count). The van der Waals surface area contributed by atoms with Crippen molar-refractivity contribution < 1.29 is 4.79 Å². The third-order valence-corrected chi connectivity index (χ3v) is 2.13. The second-order valence-corrected chi connectivity index (χ2v) is 3.52. The summed E-state index contributed by atoms with van der Waals surface area (Å²) in [4.78, 5) is 10.9. The van der Waals surface area contributed by atoms with Gasteiger partial charge in [0.2, 0.25) is 5.91 Å². The monoisotopic (exact) mass is 142 g/mol. The zero-order valence-corrected chi connectivity index (χ0v) is 6.48. The minimum atomic E-state index is 0.0475. The SMILES string of the molecule is CC1(C)CC(=O)NC1CN. The lowest BCUT2D eigenvalue weighted by Gasteiger charge is -2.23. The molecular formula is C7H14N2O. The molecule has 0 radical (unpaired) electrons. The molecule has 3 nitrogen and oxygen atoms in total. The van der Waals surface area contributed by atoms with E-state index in [4.69, 9.17) is 5.73 Å². The van der Waals surface area contributed by atoms with Crippen LogP contribution in [0.5, 0.6) is 0 Å². The average Bonchev–Trinajstić information content (AvgIpc) is 2.04. The van der Waals surface area contributed by atoms with Crippen molar-refractivity contribution in [2.45, 2.75) is 26.3 Å². The number of nitrogens with two attached hydrogens (primary N) is 1. The van der Waals surface area contributed by atoms with Crippen molar-refractivity contribution in [3.63, 3.8) is 0 Å². The van der Waals surface area contributed by atoms with Crippen LogP contribution >= 0.6 is 0 Å². The van der Waals surface area contributed by atoms with Gasteiger partial charge in [-0.2, -0.15) is 0 Å². The predicted molar refractivity (Wildman–Crippen MR) is 39.4 cm³/mol. The molecule has 0 saturated carbocycles. The number of carbonyl (C=O) groups excluding carboxylic acids is 1. The molecule has 1 unspecified atom stereocenters. The Kier molecular flexibility index (Phi) is 1.68. The van der Waals surface area contributed by atoms with Crippen LogP contribution in [0.4, 0.5) is 0 Å². The van der Waals surface area contributed by atoms with E-state index in [1.165, 1.54) is 0 Å². The van der Waals surface area contributed by atoms with Crippen LogP contribution in [0.2, 0.25) is 0 Å². The third-order valence-electron chi connectivity index (χ3n) is 2.13. The number of rotatable bonds is 1. The van der Waals surface area contributed by atoms with Crippen LogP contribution in [-0.4, -0.2) is 18.5 Å². The van der Waals surface area contributed by atoms with Crippen LogP contribution in [0.25, 0.3) is 0 Å². The molecule has 58 valence electrons. The van der Waals surface area contributed by atoms with E-state index < -0.39 is 0 Å². The molecule has 0 bridgehead atoms. The molecule has 10 heavy (non-hydrogen) atoms.